The number of anilines is 1. The standard InChI is InChI=1S/C20H20Cl2F3N3O2/c21-13-3-4-14(16(22)12-13)19(5-10-30-11-6-19)18(29)28-9-8-27-17-15(20(23,24)25)2-1-7-26-17/h1-4,7,12H,5-6,8-11H2,(H,26,27)(H,28,29). The number of ether oxygens (including phenoxy) is 1. The SMILES string of the molecule is O=C(NCCNc1ncccc1C(F)(F)F)C1(c2ccc(Cl)cc2Cl)CCOCC1. The molecule has 0 unspecified atom stereocenters. The molecule has 2 N–H and O–H groups in total. The van der Waals surface area contributed by atoms with E-state index in [2.05, 4.69) is 15.6 Å². The molecule has 0 spiro atoms. The molecule has 3 rings (SSSR count). The highest BCUT2D eigenvalue weighted by atomic mass is 35.5. The van der Waals surface area contributed by atoms with Gasteiger partial charge in [-0.3, -0.25) is 4.79 Å². The molecule has 2 heterocycles. The van der Waals surface area contributed by atoms with E-state index in [1.165, 1.54) is 12.3 Å². The Morgan fingerprint density at radius 1 is 1.17 bits per heavy atom. The summed E-state index contributed by atoms with van der Waals surface area (Å²) in [5.74, 6) is -0.533. The number of pyridine rings is 1. The van der Waals surface area contributed by atoms with Gasteiger partial charge in [0, 0.05) is 42.5 Å². The highest BCUT2D eigenvalue weighted by molar-refractivity contribution is 6.35. The van der Waals surface area contributed by atoms with Crippen LogP contribution < -0.4 is 10.6 Å². The van der Waals surface area contributed by atoms with E-state index in [1.807, 2.05) is 0 Å². The van der Waals surface area contributed by atoms with Gasteiger partial charge in [-0.15, -0.1) is 0 Å². The van der Waals surface area contributed by atoms with Crippen LogP contribution in [0.1, 0.15) is 24.0 Å². The van der Waals surface area contributed by atoms with Crippen molar-refractivity contribution < 1.29 is 22.7 Å². The first-order chi connectivity index (χ1) is 14.2. The smallest absolute Gasteiger partial charge is 0.381 e. The van der Waals surface area contributed by atoms with Gasteiger partial charge in [0.05, 0.1) is 11.0 Å². The van der Waals surface area contributed by atoms with Gasteiger partial charge >= 0.3 is 6.18 Å². The Labute approximate surface area is 181 Å². The van der Waals surface area contributed by atoms with Crippen LogP contribution in [0.4, 0.5) is 19.0 Å². The van der Waals surface area contributed by atoms with Crippen LogP contribution in [0.2, 0.25) is 10.0 Å². The van der Waals surface area contributed by atoms with Crippen molar-refractivity contribution in [2.24, 2.45) is 0 Å². The lowest BCUT2D eigenvalue weighted by Gasteiger charge is -2.37. The van der Waals surface area contributed by atoms with E-state index >= 15 is 0 Å². The molecule has 0 aliphatic carbocycles. The van der Waals surface area contributed by atoms with Crippen molar-refractivity contribution in [2.75, 3.05) is 31.6 Å². The van der Waals surface area contributed by atoms with Crippen molar-refractivity contribution >= 4 is 34.9 Å². The van der Waals surface area contributed by atoms with Crippen LogP contribution in [0.3, 0.4) is 0 Å². The summed E-state index contributed by atoms with van der Waals surface area (Å²) in [6.07, 6.45) is -2.37. The fourth-order valence-corrected chi connectivity index (χ4v) is 4.11. The number of carbonyl (C=O) groups excluding carboxylic acids is 1. The van der Waals surface area contributed by atoms with Gasteiger partial charge in [0.2, 0.25) is 5.91 Å². The molecule has 1 aliphatic heterocycles. The minimum atomic E-state index is -4.52. The first-order valence-corrected chi connectivity index (χ1v) is 10.1. The summed E-state index contributed by atoms with van der Waals surface area (Å²) in [5.41, 5.74) is -1.08. The maximum absolute atomic E-state index is 13.1. The van der Waals surface area contributed by atoms with Gasteiger partial charge in [0.1, 0.15) is 5.82 Å². The van der Waals surface area contributed by atoms with Crippen LogP contribution >= 0.6 is 23.2 Å². The highest BCUT2D eigenvalue weighted by Gasteiger charge is 2.43. The zero-order valence-corrected chi connectivity index (χ0v) is 17.4. The predicted molar refractivity (Wildman–Crippen MR) is 109 cm³/mol. The van der Waals surface area contributed by atoms with Crippen molar-refractivity contribution in [2.45, 2.75) is 24.4 Å². The molecular formula is C20H20Cl2F3N3O2. The van der Waals surface area contributed by atoms with Crippen molar-refractivity contribution in [3.8, 4) is 0 Å². The van der Waals surface area contributed by atoms with Crippen molar-refractivity contribution in [1.29, 1.82) is 0 Å². The monoisotopic (exact) mass is 461 g/mol. The van der Waals surface area contributed by atoms with Gasteiger partial charge < -0.3 is 15.4 Å². The molecule has 0 saturated carbocycles. The molecule has 1 fully saturated rings. The number of benzene rings is 1. The fraction of sp³-hybridized carbons (Fsp3) is 0.400. The molecule has 5 nitrogen and oxygen atoms in total. The second-order valence-electron chi connectivity index (χ2n) is 6.90. The Morgan fingerprint density at radius 2 is 1.90 bits per heavy atom. The molecule has 10 heteroatoms. The van der Waals surface area contributed by atoms with E-state index in [9.17, 15) is 18.0 Å². The maximum Gasteiger partial charge on any atom is 0.419 e. The van der Waals surface area contributed by atoms with E-state index in [4.69, 9.17) is 27.9 Å². The second-order valence-corrected chi connectivity index (χ2v) is 7.74. The third-order valence-electron chi connectivity index (χ3n) is 5.04. The Balaban J connectivity index is 1.68. The zero-order chi connectivity index (χ0) is 21.8. The van der Waals surface area contributed by atoms with Gasteiger partial charge in [-0.2, -0.15) is 13.2 Å². The molecule has 2 aromatic rings. The average Bonchev–Trinajstić information content (AvgIpc) is 2.71. The summed E-state index contributed by atoms with van der Waals surface area (Å²) >= 11 is 12.3. The number of carbonyl (C=O) groups is 1. The zero-order valence-electron chi connectivity index (χ0n) is 15.9. The molecule has 1 aromatic heterocycles. The number of rotatable bonds is 6. The number of halogens is 5. The number of alkyl halides is 3. The first kappa shape index (κ1) is 22.7. The average molecular weight is 462 g/mol. The van der Waals surface area contributed by atoms with E-state index < -0.39 is 17.2 Å². The number of hydrogen-bond donors (Lipinski definition) is 2. The first-order valence-electron chi connectivity index (χ1n) is 9.32. The molecule has 1 aliphatic rings. The number of aromatic nitrogens is 1. The van der Waals surface area contributed by atoms with Crippen LogP contribution in [0.25, 0.3) is 0 Å². The van der Waals surface area contributed by atoms with Crippen LogP contribution in [0.5, 0.6) is 0 Å². The van der Waals surface area contributed by atoms with E-state index in [0.717, 1.165) is 6.07 Å². The molecule has 1 aromatic carbocycles. The maximum atomic E-state index is 13.1. The Morgan fingerprint density at radius 3 is 2.57 bits per heavy atom. The third-order valence-corrected chi connectivity index (χ3v) is 5.59. The van der Waals surface area contributed by atoms with Crippen LogP contribution in [-0.4, -0.2) is 37.2 Å². The van der Waals surface area contributed by atoms with Crippen LogP contribution in [0.15, 0.2) is 36.5 Å². The Hall–Kier alpha value is -2.03. The summed E-state index contributed by atoms with van der Waals surface area (Å²) in [6, 6.07) is 7.17. The summed E-state index contributed by atoms with van der Waals surface area (Å²) in [5, 5.41) is 6.29. The van der Waals surface area contributed by atoms with Gasteiger partial charge in [-0.1, -0.05) is 29.3 Å². The van der Waals surface area contributed by atoms with Crippen LogP contribution in [-0.2, 0) is 21.1 Å². The van der Waals surface area contributed by atoms with Crippen molar-refractivity contribution in [3.63, 3.8) is 0 Å². The predicted octanol–water partition coefficient (Wildman–Crippen LogP) is 4.68. The third kappa shape index (κ3) is 4.99. The molecule has 162 valence electrons. The summed E-state index contributed by atoms with van der Waals surface area (Å²) < 4.78 is 44.6. The molecule has 30 heavy (non-hydrogen) atoms. The normalized spacial score (nSPS) is 16.2. The molecule has 0 radical (unpaired) electrons. The summed E-state index contributed by atoms with van der Waals surface area (Å²) in [7, 11) is 0. The fourth-order valence-electron chi connectivity index (χ4n) is 3.52. The summed E-state index contributed by atoms with van der Waals surface area (Å²) in [4.78, 5) is 16.9. The van der Waals surface area contributed by atoms with Gasteiger partial charge in [0.15, 0.2) is 0 Å². The van der Waals surface area contributed by atoms with E-state index in [0.29, 0.717) is 41.7 Å². The van der Waals surface area contributed by atoms with E-state index in [-0.39, 0.29) is 24.8 Å². The molecular weight excluding hydrogens is 442 g/mol. The lowest BCUT2D eigenvalue weighted by atomic mass is 9.73. The highest BCUT2D eigenvalue weighted by Crippen LogP contribution is 2.40. The lowest BCUT2D eigenvalue weighted by Crippen LogP contribution is -2.49. The van der Waals surface area contributed by atoms with E-state index in [1.54, 1.807) is 18.2 Å². The number of nitrogens with one attached hydrogen (secondary N) is 2. The molecule has 1 amide bonds. The van der Waals surface area contributed by atoms with Crippen molar-refractivity contribution in [1.82, 2.24) is 10.3 Å². The largest absolute Gasteiger partial charge is 0.419 e. The minimum absolute atomic E-state index is 0.0762. The Kier molecular flexibility index (Phi) is 7.10. The quantitative estimate of drug-likeness (QED) is 0.612. The number of nitrogens with zero attached hydrogens (tertiary/aromatic N) is 1. The number of amides is 1. The van der Waals surface area contributed by atoms with Gasteiger partial charge in [-0.25, -0.2) is 4.98 Å². The molecule has 1 saturated heterocycles. The topological polar surface area (TPSA) is 63.2 Å². The minimum Gasteiger partial charge on any atom is -0.381 e. The second kappa shape index (κ2) is 9.41. The van der Waals surface area contributed by atoms with Gasteiger partial charge in [-0.05, 0) is 42.7 Å². The molecule has 0 atom stereocenters. The Bertz CT molecular complexity index is 903. The molecule has 0 bridgehead atoms. The number of hydrogen-bond acceptors (Lipinski definition) is 4. The summed E-state index contributed by atoms with van der Waals surface area (Å²) in [6.45, 7) is 0.980. The van der Waals surface area contributed by atoms with Gasteiger partial charge in [0.25, 0.3) is 0 Å². The van der Waals surface area contributed by atoms with Crippen molar-refractivity contribution in [3.05, 3.63) is 57.7 Å². The van der Waals surface area contributed by atoms with Crippen LogP contribution in [0, 0.1) is 0 Å². The lowest BCUT2D eigenvalue weighted by molar-refractivity contribution is -0.137.